The minimum Gasteiger partial charge on any atom is -0.336 e. The molecule has 0 atom stereocenters. The monoisotopic (exact) mass is 284 g/mol. The molecule has 0 aromatic heterocycles. The average Bonchev–Trinajstić information content (AvgIpc) is 3.02. The van der Waals surface area contributed by atoms with Crippen LogP contribution in [-0.4, -0.2) is 87.3 Å². The fourth-order valence-electron chi connectivity index (χ4n) is 2.30. The predicted octanol–water partition coefficient (Wildman–Crippen LogP) is -1.78. The molecule has 0 aromatic carbocycles. The number of carbonyl (C=O) groups excluding carboxylic acids is 2. The van der Waals surface area contributed by atoms with Gasteiger partial charge in [-0.2, -0.15) is 0 Å². The van der Waals surface area contributed by atoms with E-state index in [-0.39, 0.29) is 12.1 Å². The molecular weight excluding hydrogens is 260 g/mol. The van der Waals surface area contributed by atoms with Crippen LogP contribution in [0.15, 0.2) is 0 Å². The fraction of sp³-hybridized carbons (Fsp3) is 0.833. The fourth-order valence-corrected chi connectivity index (χ4v) is 2.30. The summed E-state index contributed by atoms with van der Waals surface area (Å²) >= 11 is 0. The van der Waals surface area contributed by atoms with Crippen LogP contribution < -0.4 is 21.3 Å². The molecule has 20 heavy (non-hydrogen) atoms. The van der Waals surface area contributed by atoms with Crippen molar-refractivity contribution >= 4 is 12.1 Å². The highest BCUT2D eigenvalue weighted by atomic mass is 16.2. The smallest absolute Gasteiger partial charge is 0.317 e. The van der Waals surface area contributed by atoms with Crippen LogP contribution in [0.5, 0.6) is 0 Å². The molecule has 2 heterocycles. The van der Waals surface area contributed by atoms with Crippen molar-refractivity contribution in [1.29, 1.82) is 0 Å². The maximum atomic E-state index is 11.3. The standard InChI is InChI=1S/C12H24N6O2/c19-11-15-5-9-17(11)7-3-13-1-2-14-4-8-18-10-6-16-12(18)20/h13-14H,1-10H2,(H,15,19)(H,16,20). The lowest BCUT2D eigenvalue weighted by atomic mass is 10.5. The van der Waals surface area contributed by atoms with Gasteiger partial charge in [0, 0.05) is 65.4 Å². The number of urea groups is 2. The van der Waals surface area contributed by atoms with Gasteiger partial charge in [-0.3, -0.25) is 0 Å². The number of nitrogens with zero attached hydrogens (tertiary/aromatic N) is 2. The number of nitrogens with one attached hydrogen (secondary N) is 4. The Bertz CT molecular complexity index is 306. The van der Waals surface area contributed by atoms with Crippen LogP contribution in [0.2, 0.25) is 0 Å². The van der Waals surface area contributed by atoms with Crippen molar-refractivity contribution in [3.8, 4) is 0 Å². The van der Waals surface area contributed by atoms with Crippen molar-refractivity contribution < 1.29 is 9.59 Å². The van der Waals surface area contributed by atoms with Gasteiger partial charge < -0.3 is 31.1 Å². The van der Waals surface area contributed by atoms with E-state index in [0.29, 0.717) is 0 Å². The summed E-state index contributed by atoms with van der Waals surface area (Å²) < 4.78 is 0. The maximum Gasteiger partial charge on any atom is 0.317 e. The first-order valence-corrected chi connectivity index (χ1v) is 7.24. The lowest BCUT2D eigenvalue weighted by Crippen LogP contribution is -2.39. The molecule has 0 bridgehead atoms. The summed E-state index contributed by atoms with van der Waals surface area (Å²) in [6.45, 7) is 7.96. The van der Waals surface area contributed by atoms with Gasteiger partial charge in [0.15, 0.2) is 0 Å². The van der Waals surface area contributed by atoms with Crippen molar-refractivity contribution in [3.05, 3.63) is 0 Å². The van der Waals surface area contributed by atoms with Crippen molar-refractivity contribution in [2.45, 2.75) is 0 Å². The second-order valence-corrected chi connectivity index (χ2v) is 4.94. The highest BCUT2D eigenvalue weighted by Gasteiger charge is 2.18. The number of amides is 4. The number of hydrogen-bond acceptors (Lipinski definition) is 4. The maximum absolute atomic E-state index is 11.3. The molecule has 2 aliphatic rings. The Morgan fingerprint density at radius 3 is 1.60 bits per heavy atom. The topological polar surface area (TPSA) is 88.7 Å². The number of hydrogen-bond donors (Lipinski definition) is 4. The lowest BCUT2D eigenvalue weighted by Gasteiger charge is -2.15. The number of rotatable bonds is 9. The van der Waals surface area contributed by atoms with Crippen LogP contribution in [0.4, 0.5) is 9.59 Å². The molecule has 2 aliphatic heterocycles. The summed E-state index contributed by atoms with van der Waals surface area (Å²) in [4.78, 5) is 26.2. The molecule has 4 N–H and O–H groups in total. The summed E-state index contributed by atoms with van der Waals surface area (Å²) in [6, 6.07) is 0.0719. The number of carbonyl (C=O) groups is 2. The summed E-state index contributed by atoms with van der Waals surface area (Å²) in [5, 5.41) is 12.1. The highest BCUT2D eigenvalue weighted by Crippen LogP contribution is 1.94. The Morgan fingerprint density at radius 2 is 1.25 bits per heavy atom. The minimum absolute atomic E-state index is 0.0359. The van der Waals surface area contributed by atoms with Crippen molar-refractivity contribution in [2.24, 2.45) is 0 Å². The third-order valence-electron chi connectivity index (χ3n) is 3.49. The predicted molar refractivity (Wildman–Crippen MR) is 75.7 cm³/mol. The van der Waals surface area contributed by atoms with Crippen molar-refractivity contribution in [1.82, 2.24) is 31.1 Å². The molecule has 114 valence electrons. The normalized spacial score (nSPS) is 18.6. The van der Waals surface area contributed by atoms with Gasteiger partial charge in [0.1, 0.15) is 0 Å². The van der Waals surface area contributed by atoms with E-state index in [0.717, 1.165) is 65.4 Å². The van der Waals surface area contributed by atoms with Gasteiger partial charge >= 0.3 is 12.1 Å². The zero-order valence-electron chi connectivity index (χ0n) is 11.8. The largest absolute Gasteiger partial charge is 0.336 e. The lowest BCUT2D eigenvalue weighted by molar-refractivity contribution is 0.216. The first-order chi connectivity index (χ1) is 9.77. The average molecular weight is 284 g/mol. The van der Waals surface area contributed by atoms with E-state index in [1.165, 1.54) is 0 Å². The van der Waals surface area contributed by atoms with Crippen molar-refractivity contribution in [2.75, 3.05) is 65.4 Å². The second-order valence-electron chi connectivity index (χ2n) is 4.94. The van der Waals surface area contributed by atoms with E-state index >= 15 is 0 Å². The van der Waals surface area contributed by atoms with Crippen molar-refractivity contribution in [3.63, 3.8) is 0 Å². The second kappa shape index (κ2) is 7.91. The van der Waals surface area contributed by atoms with Gasteiger partial charge in [-0.15, -0.1) is 0 Å². The molecule has 2 fully saturated rings. The Balaban J connectivity index is 1.38. The van der Waals surface area contributed by atoms with E-state index in [1.807, 2.05) is 9.80 Å². The first kappa shape index (κ1) is 14.9. The van der Waals surface area contributed by atoms with Gasteiger partial charge in [0.25, 0.3) is 0 Å². The Kier molecular flexibility index (Phi) is 5.87. The zero-order valence-corrected chi connectivity index (χ0v) is 11.8. The molecule has 2 rings (SSSR count). The van der Waals surface area contributed by atoms with Gasteiger partial charge in [-0.25, -0.2) is 9.59 Å². The third-order valence-corrected chi connectivity index (χ3v) is 3.49. The van der Waals surface area contributed by atoms with Crippen LogP contribution in [0, 0.1) is 0 Å². The van der Waals surface area contributed by atoms with Gasteiger partial charge in [-0.05, 0) is 0 Å². The minimum atomic E-state index is 0.0359. The molecule has 4 amide bonds. The van der Waals surface area contributed by atoms with Gasteiger partial charge in [-0.1, -0.05) is 0 Å². The van der Waals surface area contributed by atoms with Crippen LogP contribution >= 0.6 is 0 Å². The quantitative estimate of drug-likeness (QED) is 0.377. The van der Waals surface area contributed by atoms with E-state index in [2.05, 4.69) is 21.3 Å². The summed E-state index contributed by atoms with van der Waals surface area (Å²) in [7, 11) is 0. The van der Waals surface area contributed by atoms with Crippen LogP contribution in [0.3, 0.4) is 0 Å². The molecule has 8 nitrogen and oxygen atoms in total. The molecule has 0 aliphatic carbocycles. The van der Waals surface area contributed by atoms with Crippen LogP contribution in [0.25, 0.3) is 0 Å². The molecule has 0 saturated carbocycles. The van der Waals surface area contributed by atoms with Crippen LogP contribution in [0.1, 0.15) is 0 Å². The molecule has 0 unspecified atom stereocenters. The SMILES string of the molecule is O=C1NCCN1CCNCCNCCN1CCNC1=O. The molecular formula is C12H24N6O2. The van der Waals surface area contributed by atoms with Gasteiger partial charge in [0.2, 0.25) is 0 Å². The molecule has 2 saturated heterocycles. The molecule has 8 heteroatoms. The van der Waals surface area contributed by atoms with E-state index < -0.39 is 0 Å². The first-order valence-electron chi connectivity index (χ1n) is 7.24. The Hall–Kier alpha value is -1.54. The molecule has 0 radical (unpaired) electrons. The van der Waals surface area contributed by atoms with Gasteiger partial charge in [0.05, 0.1) is 0 Å². The third kappa shape index (κ3) is 4.53. The Labute approximate surface area is 119 Å². The summed E-state index contributed by atoms with van der Waals surface area (Å²) in [6.07, 6.45) is 0. The van der Waals surface area contributed by atoms with E-state index in [9.17, 15) is 9.59 Å². The molecule has 0 spiro atoms. The summed E-state index contributed by atoms with van der Waals surface area (Å²) in [5.74, 6) is 0. The van der Waals surface area contributed by atoms with E-state index in [1.54, 1.807) is 0 Å². The summed E-state index contributed by atoms with van der Waals surface area (Å²) in [5.41, 5.74) is 0. The van der Waals surface area contributed by atoms with E-state index in [4.69, 9.17) is 0 Å². The molecule has 0 aromatic rings. The van der Waals surface area contributed by atoms with Crippen LogP contribution in [-0.2, 0) is 0 Å². The highest BCUT2D eigenvalue weighted by molar-refractivity contribution is 5.76. The zero-order chi connectivity index (χ0) is 14.2. The Morgan fingerprint density at radius 1 is 0.800 bits per heavy atom.